The highest BCUT2D eigenvalue weighted by atomic mass is 32.1. The van der Waals surface area contributed by atoms with Gasteiger partial charge < -0.3 is 15.1 Å². The summed E-state index contributed by atoms with van der Waals surface area (Å²) in [5.74, 6) is 0.837. The molecule has 8 heteroatoms. The van der Waals surface area contributed by atoms with Crippen LogP contribution in [0.15, 0.2) is 5.51 Å². The quantitative estimate of drug-likeness (QED) is 0.836. The summed E-state index contributed by atoms with van der Waals surface area (Å²) in [6, 6.07) is 0.158. The van der Waals surface area contributed by atoms with Gasteiger partial charge in [-0.25, -0.2) is 9.78 Å². The molecule has 4 aliphatic heterocycles. The highest BCUT2D eigenvalue weighted by molar-refractivity contribution is 7.09. The fourth-order valence-corrected chi connectivity index (χ4v) is 6.65. The lowest BCUT2D eigenvalue weighted by molar-refractivity contribution is -0.121. The number of rotatable bonds is 3. The average Bonchev–Trinajstić information content (AvgIpc) is 3.12. The fourth-order valence-electron chi connectivity index (χ4n) is 5.76. The van der Waals surface area contributed by atoms with E-state index in [9.17, 15) is 9.59 Å². The van der Waals surface area contributed by atoms with Crippen LogP contribution in [0, 0.1) is 5.41 Å². The van der Waals surface area contributed by atoms with Gasteiger partial charge in [0.05, 0.1) is 16.7 Å². The van der Waals surface area contributed by atoms with Crippen molar-refractivity contribution in [1.82, 2.24) is 25.0 Å². The molecule has 0 atom stereocenters. The number of amides is 3. The van der Waals surface area contributed by atoms with E-state index < -0.39 is 0 Å². The van der Waals surface area contributed by atoms with Crippen molar-refractivity contribution in [1.29, 1.82) is 0 Å². The lowest BCUT2D eigenvalue weighted by atomic mass is 9.72. The van der Waals surface area contributed by atoms with Crippen LogP contribution >= 0.6 is 11.3 Å². The maximum atomic E-state index is 12.7. The van der Waals surface area contributed by atoms with Gasteiger partial charge in [0.15, 0.2) is 0 Å². The first-order valence-corrected chi connectivity index (χ1v) is 11.4. The van der Waals surface area contributed by atoms with Gasteiger partial charge in [0, 0.05) is 69.9 Å². The van der Waals surface area contributed by atoms with Crippen LogP contribution in [0.25, 0.3) is 0 Å². The van der Waals surface area contributed by atoms with E-state index in [0.717, 1.165) is 39.1 Å². The summed E-state index contributed by atoms with van der Waals surface area (Å²) in [7, 11) is 0. The highest BCUT2D eigenvalue weighted by Gasteiger charge is 2.56. The summed E-state index contributed by atoms with van der Waals surface area (Å²) in [6.07, 6.45) is 5.43. The molecule has 7 nitrogen and oxygen atoms in total. The maximum Gasteiger partial charge on any atom is 0.320 e. The minimum atomic E-state index is -0.116. The second-order valence-corrected chi connectivity index (χ2v) is 10.7. The predicted octanol–water partition coefficient (Wildman–Crippen LogP) is 1.86. The monoisotopic (exact) mass is 403 g/mol. The number of hydrogen-bond acceptors (Lipinski definition) is 5. The Morgan fingerprint density at radius 3 is 2.61 bits per heavy atom. The van der Waals surface area contributed by atoms with Gasteiger partial charge in [-0.1, -0.05) is 6.42 Å². The standard InChI is InChI=1S/C20H27N5O2S.H2/c26-16-4-5-20(22-16)11-25(12-20)18(27)24-9-19(10-24)7-23(8-19)6-15-17(21-13-28-15)14-2-1-3-14;/h13-14H,1-12H2,(H,22,26);1H. The summed E-state index contributed by atoms with van der Waals surface area (Å²) in [4.78, 5) is 36.6. The normalized spacial score (nSPS) is 27.9. The molecule has 5 fully saturated rings. The minimum absolute atomic E-state index is 0. The number of urea groups is 1. The van der Waals surface area contributed by atoms with Gasteiger partial charge in [0.2, 0.25) is 5.91 Å². The SMILES string of the molecule is O=C1CCC2(CN(C(=O)N3CC4(CN(Cc5scnc5C5CCC5)C4)C3)C2)N1.[HH]. The molecule has 5 aliphatic rings. The fraction of sp³-hybridized carbons (Fsp3) is 0.750. The number of thiazole rings is 1. The van der Waals surface area contributed by atoms with E-state index in [2.05, 4.69) is 15.2 Å². The van der Waals surface area contributed by atoms with Crippen molar-refractivity contribution in [3.8, 4) is 0 Å². The van der Waals surface area contributed by atoms with Gasteiger partial charge in [-0.15, -0.1) is 11.3 Å². The molecule has 0 aromatic carbocycles. The number of likely N-dealkylation sites (tertiary alicyclic amines) is 3. The van der Waals surface area contributed by atoms with Gasteiger partial charge in [-0.2, -0.15) is 0 Å². The van der Waals surface area contributed by atoms with Gasteiger partial charge in [0.1, 0.15) is 0 Å². The van der Waals surface area contributed by atoms with Crippen LogP contribution in [0.3, 0.4) is 0 Å². The first kappa shape index (κ1) is 17.2. The number of hydrogen-bond donors (Lipinski definition) is 1. The lowest BCUT2D eigenvalue weighted by Crippen LogP contribution is -2.76. The molecular formula is C20H29N5O2S. The molecule has 1 saturated carbocycles. The second kappa shape index (κ2) is 5.92. The molecule has 1 aromatic heterocycles. The lowest BCUT2D eigenvalue weighted by Gasteiger charge is -2.61. The third-order valence-corrected chi connectivity index (χ3v) is 8.30. The van der Waals surface area contributed by atoms with Crippen molar-refractivity contribution in [3.05, 3.63) is 16.1 Å². The zero-order valence-corrected chi connectivity index (χ0v) is 17.0. The molecule has 3 amide bonds. The van der Waals surface area contributed by atoms with Crippen molar-refractivity contribution in [3.63, 3.8) is 0 Å². The van der Waals surface area contributed by atoms with Crippen molar-refractivity contribution in [2.24, 2.45) is 5.41 Å². The molecule has 1 N–H and O–H groups in total. The Balaban J connectivity index is 0.00000181. The minimum Gasteiger partial charge on any atom is -0.347 e. The van der Waals surface area contributed by atoms with Crippen molar-refractivity contribution < 1.29 is 11.0 Å². The van der Waals surface area contributed by atoms with E-state index in [1.54, 1.807) is 11.3 Å². The number of nitrogens with one attached hydrogen (secondary N) is 1. The molecule has 0 bridgehead atoms. The second-order valence-electron chi connectivity index (χ2n) is 9.76. The first-order chi connectivity index (χ1) is 13.5. The molecule has 152 valence electrons. The zero-order chi connectivity index (χ0) is 18.9. The molecule has 1 aromatic rings. The Kier molecular flexibility index (Phi) is 3.64. The molecule has 0 radical (unpaired) electrons. The van der Waals surface area contributed by atoms with Crippen molar-refractivity contribution >= 4 is 23.3 Å². The molecule has 4 saturated heterocycles. The van der Waals surface area contributed by atoms with Gasteiger partial charge >= 0.3 is 6.03 Å². The van der Waals surface area contributed by atoms with E-state index in [1.807, 2.05) is 15.3 Å². The molecule has 1 aliphatic carbocycles. The zero-order valence-electron chi connectivity index (χ0n) is 16.2. The van der Waals surface area contributed by atoms with Crippen LogP contribution in [-0.2, 0) is 11.3 Å². The van der Waals surface area contributed by atoms with Crippen molar-refractivity contribution in [2.75, 3.05) is 39.3 Å². The van der Waals surface area contributed by atoms with Crippen LogP contribution in [0.5, 0.6) is 0 Å². The van der Waals surface area contributed by atoms with Crippen LogP contribution in [-0.4, -0.2) is 76.4 Å². The maximum absolute atomic E-state index is 12.7. The number of carbonyl (C=O) groups excluding carboxylic acids is 2. The summed E-state index contributed by atoms with van der Waals surface area (Å²) < 4.78 is 0. The first-order valence-electron chi connectivity index (χ1n) is 10.5. The van der Waals surface area contributed by atoms with E-state index in [0.29, 0.717) is 30.8 Å². The van der Waals surface area contributed by atoms with Crippen LogP contribution in [0.1, 0.15) is 50.0 Å². The Morgan fingerprint density at radius 2 is 1.96 bits per heavy atom. The Hall–Kier alpha value is -1.67. The van der Waals surface area contributed by atoms with Crippen molar-refractivity contribution in [2.45, 2.75) is 50.1 Å². The Morgan fingerprint density at radius 1 is 1.21 bits per heavy atom. The third kappa shape index (κ3) is 2.60. The van der Waals surface area contributed by atoms with Crippen LogP contribution in [0.2, 0.25) is 0 Å². The molecule has 0 unspecified atom stereocenters. The number of aromatic nitrogens is 1. The molecule has 5 heterocycles. The van der Waals surface area contributed by atoms with Crippen LogP contribution < -0.4 is 5.32 Å². The number of nitrogens with zero attached hydrogens (tertiary/aromatic N) is 4. The van der Waals surface area contributed by atoms with Gasteiger partial charge in [-0.05, 0) is 19.3 Å². The molecular weight excluding hydrogens is 374 g/mol. The average molecular weight is 404 g/mol. The summed E-state index contributed by atoms with van der Waals surface area (Å²) in [6.45, 7) is 6.36. The van der Waals surface area contributed by atoms with E-state index in [1.165, 1.54) is 29.8 Å². The van der Waals surface area contributed by atoms with Gasteiger partial charge in [0.25, 0.3) is 0 Å². The summed E-state index contributed by atoms with van der Waals surface area (Å²) >= 11 is 1.81. The predicted molar refractivity (Wildman–Crippen MR) is 107 cm³/mol. The van der Waals surface area contributed by atoms with E-state index in [-0.39, 0.29) is 18.9 Å². The largest absolute Gasteiger partial charge is 0.347 e. The third-order valence-electron chi connectivity index (χ3n) is 7.47. The van der Waals surface area contributed by atoms with Crippen LogP contribution in [0.4, 0.5) is 4.79 Å². The number of carbonyl (C=O) groups is 2. The smallest absolute Gasteiger partial charge is 0.320 e. The molecule has 28 heavy (non-hydrogen) atoms. The Bertz CT molecular complexity index is 821. The molecule has 2 spiro atoms. The highest BCUT2D eigenvalue weighted by Crippen LogP contribution is 2.44. The summed E-state index contributed by atoms with van der Waals surface area (Å²) in [5.41, 5.74) is 3.57. The Labute approximate surface area is 170 Å². The van der Waals surface area contributed by atoms with E-state index >= 15 is 0 Å². The topological polar surface area (TPSA) is 68.8 Å². The molecule has 6 rings (SSSR count). The van der Waals surface area contributed by atoms with Gasteiger partial charge in [-0.3, -0.25) is 9.69 Å². The summed E-state index contributed by atoms with van der Waals surface area (Å²) in [5, 5.41) is 3.05. The van der Waals surface area contributed by atoms with E-state index in [4.69, 9.17) is 0 Å².